The summed E-state index contributed by atoms with van der Waals surface area (Å²) in [5.41, 5.74) is -0.704. The molecule has 3 aliphatic rings. The minimum atomic E-state index is -0.798. The lowest BCUT2D eigenvalue weighted by Crippen LogP contribution is -2.56. The van der Waals surface area contributed by atoms with Gasteiger partial charge in [0.05, 0.1) is 11.7 Å². The second-order valence-corrected chi connectivity index (χ2v) is 5.55. The van der Waals surface area contributed by atoms with Crippen LogP contribution in [-0.4, -0.2) is 21.9 Å². The van der Waals surface area contributed by atoms with Gasteiger partial charge in [0.2, 0.25) is 0 Å². The number of aliphatic hydroxyl groups is 2. The Labute approximate surface area is 79.0 Å². The van der Waals surface area contributed by atoms with Gasteiger partial charge in [-0.05, 0) is 43.9 Å². The summed E-state index contributed by atoms with van der Waals surface area (Å²) in [5.74, 6) is 1.86. The molecule has 3 saturated carbocycles. The molecule has 74 valence electrons. The zero-order valence-electron chi connectivity index (χ0n) is 8.33. The van der Waals surface area contributed by atoms with Crippen LogP contribution in [0.5, 0.6) is 0 Å². The summed E-state index contributed by atoms with van der Waals surface area (Å²) in [6, 6.07) is 0. The van der Waals surface area contributed by atoms with Gasteiger partial charge in [-0.1, -0.05) is 6.92 Å². The van der Waals surface area contributed by atoms with Crippen molar-refractivity contribution in [3.63, 3.8) is 0 Å². The van der Waals surface area contributed by atoms with Gasteiger partial charge in [0.25, 0.3) is 0 Å². The smallest absolute Gasteiger partial charge is 0.0914 e. The molecule has 0 aromatic carbocycles. The molecule has 0 saturated heterocycles. The van der Waals surface area contributed by atoms with Crippen LogP contribution in [0.3, 0.4) is 0 Å². The Hall–Kier alpha value is -0.0800. The number of hydrogen-bond acceptors (Lipinski definition) is 2. The lowest BCUT2D eigenvalue weighted by atomic mass is 9.43. The third-order valence-corrected chi connectivity index (χ3v) is 5.31. The molecule has 2 heteroatoms. The van der Waals surface area contributed by atoms with E-state index in [-0.39, 0.29) is 5.41 Å². The van der Waals surface area contributed by atoms with Gasteiger partial charge in [-0.25, -0.2) is 0 Å². The number of rotatable bonds is 1. The standard InChI is InChI=1S/C11H18O2/c1-3-11-5-6-4-7(8(6)11)10(2,13)9(11)12/h6-9,12-13H,3-5H2,1-2H3/t6?,7?,8-,9?,10-,11?/m0/s1. The van der Waals surface area contributed by atoms with Crippen molar-refractivity contribution in [1.29, 1.82) is 0 Å². The summed E-state index contributed by atoms with van der Waals surface area (Å²) < 4.78 is 0. The van der Waals surface area contributed by atoms with Gasteiger partial charge in [-0.2, -0.15) is 0 Å². The highest BCUT2D eigenvalue weighted by Crippen LogP contribution is 2.76. The summed E-state index contributed by atoms with van der Waals surface area (Å²) in [6.07, 6.45) is 2.86. The molecular formula is C11H18O2. The maximum Gasteiger partial charge on any atom is 0.0914 e. The predicted molar refractivity (Wildman–Crippen MR) is 49.1 cm³/mol. The minimum absolute atomic E-state index is 0.0943. The first kappa shape index (κ1) is 8.25. The summed E-state index contributed by atoms with van der Waals surface area (Å²) >= 11 is 0. The first-order chi connectivity index (χ1) is 6.04. The average Bonchev–Trinajstić information content (AvgIpc) is 2.12. The molecule has 0 amide bonds. The molecule has 0 aromatic rings. The highest BCUT2D eigenvalue weighted by molar-refractivity contribution is 5.25. The Balaban J connectivity index is 2.02. The fourth-order valence-corrected chi connectivity index (χ4v) is 4.55. The lowest BCUT2D eigenvalue weighted by molar-refractivity contribution is -0.151. The molecule has 0 aliphatic heterocycles. The van der Waals surface area contributed by atoms with Crippen LogP contribution in [0.2, 0.25) is 0 Å². The predicted octanol–water partition coefficient (Wildman–Crippen LogP) is 1.16. The zero-order valence-corrected chi connectivity index (χ0v) is 8.33. The van der Waals surface area contributed by atoms with Crippen molar-refractivity contribution in [1.82, 2.24) is 0 Å². The van der Waals surface area contributed by atoms with E-state index in [1.54, 1.807) is 0 Å². The average molecular weight is 182 g/mol. The van der Waals surface area contributed by atoms with Gasteiger partial charge in [0, 0.05) is 5.41 Å². The van der Waals surface area contributed by atoms with E-state index in [0.29, 0.717) is 11.8 Å². The van der Waals surface area contributed by atoms with Crippen molar-refractivity contribution in [2.45, 2.75) is 44.8 Å². The molecule has 3 fully saturated rings. The molecule has 13 heavy (non-hydrogen) atoms. The van der Waals surface area contributed by atoms with Crippen molar-refractivity contribution in [3.05, 3.63) is 0 Å². The van der Waals surface area contributed by atoms with Crippen LogP contribution in [0.15, 0.2) is 0 Å². The summed E-state index contributed by atoms with van der Waals surface area (Å²) in [6.45, 7) is 3.98. The SMILES string of the molecule is CCC12CC3CC([C@H]31)[C@](C)(O)C2O. The second-order valence-electron chi connectivity index (χ2n) is 5.55. The third kappa shape index (κ3) is 0.608. The van der Waals surface area contributed by atoms with Gasteiger partial charge >= 0.3 is 0 Å². The van der Waals surface area contributed by atoms with Gasteiger partial charge < -0.3 is 10.2 Å². The maximum atomic E-state index is 10.2. The van der Waals surface area contributed by atoms with E-state index in [9.17, 15) is 10.2 Å². The summed E-state index contributed by atoms with van der Waals surface area (Å²) in [5, 5.41) is 20.3. The Bertz CT molecular complexity index is 261. The topological polar surface area (TPSA) is 40.5 Å². The fourth-order valence-electron chi connectivity index (χ4n) is 4.55. The Morgan fingerprint density at radius 2 is 2.15 bits per heavy atom. The molecule has 2 N–H and O–H groups in total. The number of hydrogen-bond donors (Lipinski definition) is 2. The molecule has 0 radical (unpaired) electrons. The molecule has 6 atom stereocenters. The van der Waals surface area contributed by atoms with Crippen molar-refractivity contribution in [2.75, 3.05) is 0 Å². The van der Waals surface area contributed by atoms with Gasteiger partial charge in [-0.15, -0.1) is 0 Å². The van der Waals surface area contributed by atoms with Crippen LogP contribution < -0.4 is 0 Å². The van der Waals surface area contributed by atoms with Crippen molar-refractivity contribution in [3.8, 4) is 0 Å². The first-order valence-corrected chi connectivity index (χ1v) is 5.44. The maximum absolute atomic E-state index is 10.2. The summed E-state index contributed by atoms with van der Waals surface area (Å²) in [7, 11) is 0. The highest BCUT2D eigenvalue weighted by Gasteiger charge is 2.76. The van der Waals surface area contributed by atoms with Crippen LogP contribution >= 0.6 is 0 Å². The van der Waals surface area contributed by atoms with Crippen LogP contribution in [0.4, 0.5) is 0 Å². The van der Waals surface area contributed by atoms with Crippen LogP contribution in [0.1, 0.15) is 33.1 Å². The van der Waals surface area contributed by atoms with Gasteiger partial charge in [-0.3, -0.25) is 0 Å². The largest absolute Gasteiger partial charge is 0.390 e. The minimum Gasteiger partial charge on any atom is -0.390 e. The van der Waals surface area contributed by atoms with Crippen LogP contribution in [0.25, 0.3) is 0 Å². The van der Waals surface area contributed by atoms with Gasteiger partial charge in [0.1, 0.15) is 0 Å². The fraction of sp³-hybridized carbons (Fsp3) is 1.00. The van der Waals surface area contributed by atoms with Crippen molar-refractivity contribution < 1.29 is 10.2 Å². The first-order valence-electron chi connectivity index (χ1n) is 5.44. The van der Waals surface area contributed by atoms with Gasteiger partial charge in [0.15, 0.2) is 0 Å². The van der Waals surface area contributed by atoms with E-state index < -0.39 is 11.7 Å². The van der Waals surface area contributed by atoms with E-state index in [4.69, 9.17) is 0 Å². The van der Waals surface area contributed by atoms with Crippen molar-refractivity contribution >= 4 is 0 Å². The summed E-state index contributed by atoms with van der Waals surface area (Å²) in [4.78, 5) is 0. The normalized spacial score (nSPS) is 68.3. The molecular weight excluding hydrogens is 164 g/mol. The molecule has 3 rings (SSSR count). The molecule has 4 unspecified atom stereocenters. The molecule has 2 nitrogen and oxygen atoms in total. The molecule has 3 aliphatic carbocycles. The quantitative estimate of drug-likeness (QED) is 0.639. The molecule has 0 aromatic heterocycles. The lowest BCUT2D eigenvalue weighted by Gasteiger charge is -2.61. The third-order valence-electron chi connectivity index (χ3n) is 5.31. The highest BCUT2D eigenvalue weighted by atomic mass is 16.3. The zero-order chi connectivity index (χ0) is 9.43. The molecule has 0 bridgehead atoms. The molecule has 0 spiro atoms. The van der Waals surface area contributed by atoms with E-state index >= 15 is 0 Å². The monoisotopic (exact) mass is 182 g/mol. The van der Waals surface area contributed by atoms with E-state index in [1.165, 1.54) is 0 Å². The molecule has 0 heterocycles. The van der Waals surface area contributed by atoms with Crippen molar-refractivity contribution in [2.24, 2.45) is 23.2 Å². The Morgan fingerprint density at radius 1 is 1.46 bits per heavy atom. The van der Waals surface area contributed by atoms with Crippen LogP contribution in [0, 0.1) is 23.2 Å². The Morgan fingerprint density at radius 3 is 2.62 bits per heavy atom. The number of aliphatic hydroxyl groups excluding tert-OH is 1. The second kappa shape index (κ2) is 1.96. The van der Waals surface area contributed by atoms with E-state index in [2.05, 4.69) is 6.92 Å². The van der Waals surface area contributed by atoms with Crippen LogP contribution in [-0.2, 0) is 0 Å². The Kier molecular flexibility index (Phi) is 1.24. The van der Waals surface area contributed by atoms with E-state index in [1.807, 2.05) is 6.92 Å². The van der Waals surface area contributed by atoms with E-state index in [0.717, 1.165) is 25.2 Å².